The highest BCUT2D eigenvalue weighted by atomic mass is 35.5. The second-order valence-electron chi connectivity index (χ2n) is 9.17. The molecule has 174 valence electrons. The lowest BCUT2D eigenvalue weighted by atomic mass is 9.92. The SMILES string of the molecule is Cc1nn([C@H](C)c2ccc(Cl)cc2Cl)c2nc(C3=CCC(N4CCCC4CO)CC3)cnc12. The van der Waals surface area contributed by atoms with Gasteiger partial charge >= 0.3 is 0 Å². The normalized spacial score (nSPS) is 22.6. The Kier molecular flexibility index (Phi) is 6.45. The summed E-state index contributed by atoms with van der Waals surface area (Å²) in [5.41, 5.74) is 5.53. The predicted octanol–water partition coefficient (Wildman–Crippen LogP) is 5.44. The van der Waals surface area contributed by atoms with Gasteiger partial charge in [-0.3, -0.25) is 4.90 Å². The largest absolute Gasteiger partial charge is 0.395 e. The van der Waals surface area contributed by atoms with E-state index in [2.05, 4.69) is 17.9 Å². The molecule has 2 aliphatic rings. The van der Waals surface area contributed by atoms with Crippen LogP contribution in [-0.2, 0) is 0 Å². The highest BCUT2D eigenvalue weighted by Crippen LogP contribution is 2.34. The van der Waals surface area contributed by atoms with Crippen molar-refractivity contribution in [2.24, 2.45) is 0 Å². The molecule has 0 spiro atoms. The highest BCUT2D eigenvalue weighted by molar-refractivity contribution is 6.35. The molecule has 6 nitrogen and oxygen atoms in total. The number of aliphatic hydroxyl groups excluding tert-OH is 1. The summed E-state index contributed by atoms with van der Waals surface area (Å²) in [6, 6.07) is 6.27. The molecule has 1 saturated heterocycles. The summed E-state index contributed by atoms with van der Waals surface area (Å²) in [6.07, 6.45) is 9.50. The molecular weight excluding hydrogens is 457 g/mol. The summed E-state index contributed by atoms with van der Waals surface area (Å²) in [7, 11) is 0. The van der Waals surface area contributed by atoms with Gasteiger partial charge in [0.2, 0.25) is 0 Å². The molecule has 3 heterocycles. The molecule has 2 unspecified atom stereocenters. The van der Waals surface area contributed by atoms with Gasteiger partial charge in [-0.15, -0.1) is 0 Å². The van der Waals surface area contributed by atoms with Crippen LogP contribution in [0.5, 0.6) is 0 Å². The van der Waals surface area contributed by atoms with E-state index >= 15 is 0 Å². The Balaban J connectivity index is 1.44. The topological polar surface area (TPSA) is 67.1 Å². The number of rotatable bonds is 5. The third-order valence-electron chi connectivity index (χ3n) is 7.17. The summed E-state index contributed by atoms with van der Waals surface area (Å²) in [5.74, 6) is 0. The first kappa shape index (κ1) is 22.8. The third kappa shape index (κ3) is 4.30. The second kappa shape index (κ2) is 9.34. The van der Waals surface area contributed by atoms with Gasteiger partial charge in [-0.05, 0) is 75.8 Å². The molecule has 0 bridgehead atoms. The van der Waals surface area contributed by atoms with Crippen LogP contribution in [0.2, 0.25) is 10.0 Å². The van der Waals surface area contributed by atoms with Crippen molar-refractivity contribution < 1.29 is 5.11 Å². The van der Waals surface area contributed by atoms with Gasteiger partial charge in [-0.2, -0.15) is 5.10 Å². The first-order valence-corrected chi connectivity index (χ1v) is 12.4. The zero-order valence-corrected chi connectivity index (χ0v) is 20.5. The van der Waals surface area contributed by atoms with Crippen LogP contribution in [0.3, 0.4) is 0 Å². The smallest absolute Gasteiger partial charge is 0.178 e. The molecule has 1 aliphatic heterocycles. The molecule has 1 aliphatic carbocycles. The fourth-order valence-electron chi connectivity index (χ4n) is 5.34. The van der Waals surface area contributed by atoms with Gasteiger partial charge < -0.3 is 5.11 Å². The molecule has 3 aromatic rings. The molecule has 8 heteroatoms. The van der Waals surface area contributed by atoms with Crippen molar-refractivity contribution in [2.75, 3.05) is 13.2 Å². The Bertz CT molecular complexity index is 1210. The number of hydrogen-bond donors (Lipinski definition) is 1. The molecule has 33 heavy (non-hydrogen) atoms. The van der Waals surface area contributed by atoms with E-state index in [1.165, 1.54) is 12.0 Å². The van der Waals surface area contributed by atoms with E-state index < -0.39 is 0 Å². The molecule has 5 rings (SSSR count). The Morgan fingerprint density at radius 2 is 2.09 bits per heavy atom. The highest BCUT2D eigenvalue weighted by Gasteiger charge is 2.31. The Morgan fingerprint density at radius 1 is 1.24 bits per heavy atom. The molecule has 0 saturated carbocycles. The number of aromatic nitrogens is 4. The van der Waals surface area contributed by atoms with E-state index in [0.717, 1.165) is 60.3 Å². The lowest BCUT2D eigenvalue weighted by Gasteiger charge is -2.34. The Labute approximate surface area is 204 Å². The quantitative estimate of drug-likeness (QED) is 0.520. The number of halogens is 2. The molecule has 0 amide bonds. The van der Waals surface area contributed by atoms with Crippen LogP contribution in [0.25, 0.3) is 16.7 Å². The van der Waals surface area contributed by atoms with Crippen LogP contribution in [-0.4, -0.2) is 55.0 Å². The van der Waals surface area contributed by atoms with E-state index in [-0.39, 0.29) is 12.6 Å². The summed E-state index contributed by atoms with van der Waals surface area (Å²) in [4.78, 5) is 12.2. The minimum atomic E-state index is -0.106. The van der Waals surface area contributed by atoms with Gasteiger partial charge in [-0.1, -0.05) is 35.3 Å². The number of allylic oxidation sites excluding steroid dienone is 1. The molecule has 1 fully saturated rings. The Morgan fingerprint density at radius 3 is 2.82 bits per heavy atom. The van der Waals surface area contributed by atoms with Gasteiger partial charge in [0.05, 0.1) is 30.2 Å². The van der Waals surface area contributed by atoms with Gasteiger partial charge in [0.15, 0.2) is 5.65 Å². The van der Waals surface area contributed by atoms with E-state index in [4.69, 9.17) is 38.3 Å². The number of likely N-dealkylation sites (tertiary alicyclic amines) is 1. The Hall–Kier alpha value is -1.99. The van der Waals surface area contributed by atoms with Gasteiger partial charge in [-0.25, -0.2) is 14.6 Å². The van der Waals surface area contributed by atoms with Crippen LogP contribution in [0.15, 0.2) is 30.5 Å². The third-order valence-corrected chi connectivity index (χ3v) is 7.73. The predicted molar refractivity (Wildman–Crippen MR) is 133 cm³/mol. The van der Waals surface area contributed by atoms with Gasteiger partial charge in [0.1, 0.15) is 5.52 Å². The summed E-state index contributed by atoms with van der Waals surface area (Å²) in [5, 5.41) is 15.7. The van der Waals surface area contributed by atoms with Gasteiger partial charge in [0, 0.05) is 22.1 Å². The average molecular weight is 486 g/mol. The minimum absolute atomic E-state index is 0.106. The maximum atomic E-state index is 9.69. The zero-order chi connectivity index (χ0) is 23.1. The lowest BCUT2D eigenvalue weighted by Crippen LogP contribution is -2.41. The van der Waals surface area contributed by atoms with E-state index in [1.807, 2.05) is 29.9 Å². The van der Waals surface area contributed by atoms with Crippen molar-refractivity contribution in [3.05, 3.63) is 57.5 Å². The standard InChI is InChI=1S/C25H29Cl2N5O/c1-15-24-25(32(30-15)16(2)21-10-7-18(26)12-22(21)27)29-23(13-28-24)17-5-8-19(9-6-17)31-11-3-4-20(31)14-33/h5,7,10,12-13,16,19-20,33H,3-4,6,8-9,11,14H2,1-2H3/t16-,19?,20?/m1/s1. The molecule has 3 atom stereocenters. The maximum absolute atomic E-state index is 9.69. The summed E-state index contributed by atoms with van der Waals surface area (Å²) >= 11 is 12.6. The lowest BCUT2D eigenvalue weighted by molar-refractivity contribution is 0.114. The van der Waals surface area contributed by atoms with Crippen molar-refractivity contribution in [1.29, 1.82) is 0 Å². The molecule has 1 N–H and O–H groups in total. The minimum Gasteiger partial charge on any atom is -0.395 e. The fraction of sp³-hybridized carbons (Fsp3) is 0.480. The number of hydrogen-bond acceptors (Lipinski definition) is 5. The number of aryl methyl sites for hydroxylation is 1. The monoisotopic (exact) mass is 485 g/mol. The number of fused-ring (bicyclic) bond motifs is 1. The van der Waals surface area contributed by atoms with Crippen molar-refractivity contribution in [3.8, 4) is 0 Å². The number of benzene rings is 1. The van der Waals surface area contributed by atoms with Crippen LogP contribution in [0.1, 0.15) is 62.0 Å². The first-order chi connectivity index (χ1) is 16.0. The van der Waals surface area contributed by atoms with Crippen molar-refractivity contribution in [1.82, 2.24) is 24.6 Å². The van der Waals surface area contributed by atoms with Crippen molar-refractivity contribution in [2.45, 2.75) is 64.1 Å². The second-order valence-corrected chi connectivity index (χ2v) is 10.0. The van der Waals surface area contributed by atoms with E-state index in [9.17, 15) is 5.11 Å². The van der Waals surface area contributed by atoms with E-state index in [1.54, 1.807) is 6.07 Å². The van der Waals surface area contributed by atoms with Gasteiger partial charge in [0.25, 0.3) is 0 Å². The number of nitrogens with zero attached hydrogens (tertiary/aromatic N) is 5. The molecule has 1 aromatic carbocycles. The fourth-order valence-corrected chi connectivity index (χ4v) is 5.90. The zero-order valence-electron chi connectivity index (χ0n) is 19.0. The summed E-state index contributed by atoms with van der Waals surface area (Å²) in [6.45, 7) is 5.37. The number of aliphatic hydroxyl groups is 1. The first-order valence-electron chi connectivity index (χ1n) is 11.7. The van der Waals surface area contributed by atoms with E-state index in [0.29, 0.717) is 22.1 Å². The molecule has 0 radical (unpaired) electrons. The van der Waals surface area contributed by atoms with Crippen LogP contribution in [0.4, 0.5) is 0 Å². The van der Waals surface area contributed by atoms with Crippen molar-refractivity contribution in [3.63, 3.8) is 0 Å². The van der Waals surface area contributed by atoms with Crippen LogP contribution >= 0.6 is 23.2 Å². The summed E-state index contributed by atoms with van der Waals surface area (Å²) < 4.78 is 1.92. The maximum Gasteiger partial charge on any atom is 0.178 e. The van der Waals surface area contributed by atoms with Crippen LogP contribution in [0, 0.1) is 6.92 Å². The molecular formula is C25H29Cl2N5O. The molecule has 2 aromatic heterocycles. The average Bonchev–Trinajstić information content (AvgIpc) is 3.43. The van der Waals surface area contributed by atoms with Crippen LogP contribution < -0.4 is 0 Å². The van der Waals surface area contributed by atoms with Crippen molar-refractivity contribution >= 4 is 39.9 Å².